The maximum absolute atomic E-state index is 13.2. The SMILES string of the molecule is N[N+]12C=CN=CC1=C(N1CCCC(C(=O)N3CCOCC3)C1)N=C2c1ccc(C(=O)Nc2ccccn2)cc1. The van der Waals surface area contributed by atoms with Crippen molar-refractivity contribution in [1.82, 2.24) is 14.8 Å². The molecule has 0 radical (unpaired) electrons. The van der Waals surface area contributed by atoms with E-state index in [0.29, 0.717) is 50.1 Å². The number of aliphatic imine (C=N–C) groups is 2. The highest BCUT2D eigenvalue weighted by Crippen LogP contribution is 2.35. The van der Waals surface area contributed by atoms with Crippen LogP contribution >= 0.6 is 0 Å². The van der Waals surface area contributed by atoms with Crippen LogP contribution in [0.3, 0.4) is 0 Å². The van der Waals surface area contributed by atoms with Gasteiger partial charge in [0.2, 0.25) is 17.4 Å². The van der Waals surface area contributed by atoms with E-state index < -0.39 is 0 Å². The zero-order chi connectivity index (χ0) is 26.8. The van der Waals surface area contributed by atoms with Crippen molar-refractivity contribution in [1.29, 1.82) is 0 Å². The van der Waals surface area contributed by atoms with E-state index in [1.54, 1.807) is 49.1 Å². The molecule has 2 unspecified atom stereocenters. The maximum atomic E-state index is 13.2. The molecule has 11 heteroatoms. The topological polar surface area (TPSA) is 126 Å². The molecule has 0 bridgehead atoms. The van der Waals surface area contributed by atoms with Crippen LogP contribution in [-0.2, 0) is 9.53 Å². The average Bonchev–Trinajstić information content (AvgIpc) is 3.31. The lowest BCUT2D eigenvalue weighted by atomic mass is 9.96. The number of aromatic nitrogens is 1. The summed E-state index contributed by atoms with van der Waals surface area (Å²) >= 11 is 0. The highest BCUT2D eigenvalue weighted by molar-refractivity contribution is 6.05. The first kappa shape index (κ1) is 25.1. The number of piperidine rings is 1. The predicted octanol–water partition coefficient (Wildman–Crippen LogP) is 2.08. The molecule has 1 aromatic carbocycles. The largest absolute Gasteiger partial charge is 0.378 e. The zero-order valence-corrected chi connectivity index (χ0v) is 21.6. The second kappa shape index (κ2) is 10.5. The number of nitrogens with zero attached hydrogens (tertiary/aromatic N) is 6. The van der Waals surface area contributed by atoms with E-state index in [9.17, 15) is 9.59 Å². The van der Waals surface area contributed by atoms with E-state index in [0.717, 1.165) is 36.5 Å². The van der Waals surface area contributed by atoms with Gasteiger partial charge in [-0.05, 0) is 49.2 Å². The number of amidine groups is 1. The van der Waals surface area contributed by atoms with Crippen molar-refractivity contribution in [3.05, 3.63) is 83.7 Å². The zero-order valence-electron chi connectivity index (χ0n) is 21.6. The van der Waals surface area contributed by atoms with Crippen LogP contribution in [0, 0.1) is 5.92 Å². The molecular weight excluding hydrogens is 496 g/mol. The van der Waals surface area contributed by atoms with Gasteiger partial charge >= 0.3 is 0 Å². The molecule has 0 aliphatic carbocycles. The highest BCUT2D eigenvalue weighted by Gasteiger charge is 2.46. The summed E-state index contributed by atoms with van der Waals surface area (Å²) in [6.45, 7) is 3.82. The number of nitrogens with one attached hydrogen (secondary N) is 1. The second-order valence-electron chi connectivity index (χ2n) is 9.97. The van der Waals surface area contributed by atoms with Crippen molar-refractivity contribution in [2.45, 2.75) is 12.8 Å². The van der Waals surface area contributed by atoms with Crippen molar-refractivity contribution in [3.8, 4) is 0 Å². The fraction of sp³-hybridized carbons (Fsp3) is 0.321. The fourth-order valence-electron chi connectivity index (χ4n) is 5.40. The number of morpholine rings is 1. The molecule has 3 N–H and O–H groups in total. The smallest absolute Gasteiger partial charge is 0.266 e. The molecule has 0 spiro atoms. The van der Waals surface area contributed by atoms with Crippen LogP contribution in [0.4, 0.5) is 5.82 Å². The van der Waals surface area contributed by atoms with Crippen molar-refractivity contribution < 1.29 is 18.9 Å². The Morgan fingerprint density at radius 2 is 1.90 bits per heavy atom. The monoisotopic (exact) mass is 527 g/mol. The number of hydrogen-bond donors (Lipinski definition) is 2. The standard InChI is InChI=1S/C28H30N8O3/c29-36-15-11-30-18-23(36)25(35-12-3-4-22(19-35)28(38)34-13-16-39-17-14-34)33-26(36)20-6-8-21(9-7-20)27(37)32-24-5-1-2-10-31-24/h1-2,5-11,15,18,22H,3-4,12-14,16-17,19,29H2/p+1. The molecular formula is C28H31N8O3+. The Kier molecular flexibility index (Phi) is 6.77. The van der Waals surface area contributed by atoms with Crippen LogP contribution < -0.4 is 11.2 Å². The van der Waals surface area contributed by atoms with Crippen LogP contribution in [0.5, 0.6) is 0 Å². The van der Waals surface area contributed by atoms with Crippen molar-refractivity contribution in [3.63, 3.8) is 0 Å². The van der Waals surface area contributed by atoms with E-state index in [1.165, 1.54) is 0 Å². The van der Waals surface area contributed by atoms with Gasteiger partial charge in [-0.25, -0.2) is 4.98 Å². The molecule has 2 saturated heterocycles. The highest BCUT2D eigenvalue weighted by atomic mass is 16.5. The number of nitrogens with two attached hydrogens (primary N) is 1. The summed E-state index contributed by atoms with van der Waals surface area (Å²) in [5, 5.41) is 2.80. The third-order valence-corrected chi connectivity index (χ3v) is 7.48. The van der Waals surface area contributed by atoms with Gasteiger partial charge in [0.1, 0.15) is 12.0 Å². The van der Waals surface area contributed by atoms with Gasteiger partial charge < -0.3 is 19.9 Å². The number of quaternary nitrogens is 1. The second-order valence-corrected chi connectivity index (χ2v) is 9.97. The molecule has 5 heterocycles. The lowest BCUT2D eigenvalue weighted by molar-refractivity contribution is -0.750. The van der Waals surface area contributed by atoms with Gasteiger partial charge in [-0.15, -0.1) is 4.59 Å². The number of ether oxygens (including phenoxy) is 1. The van der Waals surface area contributed by atoms with Crippen molar-refractivity contribution >= 4 is 29.7 Å². The summed E-state index contributed by atoms with van der Waals surface area (Å²) in [6.07, 6.45) is 8.57. The average molecular weight is 528 g/mol. The minimum absolute atomic E-state index is 0.100. The summed E-state index contributed by atoms with van der Waals surface area (Å²) in [7, 11) is 0. The molecule has 39 heavy (non-hydrogen) atoms. The van der Waals surface area contributed by atoms with Crippen LogP contribution in [0.25, 0.3) is 0 Å². The number of allylic oxidation sites excluding steroid dienone is 1. The van der Waals surface area contributed by atoms with Crippen molar-refractivity contribution in [2.75, 3.05) is 44.7 Å². The fourth-order valence-corrected chi connectivity index (χ4v) is 5.40. The van der Waals surface area contributed by atoms with Crippen LogP contribution in [0.2, 0.25) is 0 Å². The maximum Gasteiger partial charge on any atom is 0.266 e. The molecule has 0 saturated carbocycles. The lowest BCUT2D eigenvalue weighted by Gasteiger charge is -2.36. The van der Waals surface area contributed by atoms with Gasteiger partial charge in [0.05, 0.1) is 37.1 Å². The van der Waals surface area contributed by atoms with E-state index in [-0.39, 0.29) is 22.3 Å². The quantitative estimate of drug-likeness (QED) is 0.453. The molecule has 4 aliphatic heterocycles. The molecule has 2 aromatic rings. The normalized spacial score (nSPS) is 24.4. The van der Waals surface area contributed by atoms with Crippen LogP contribution in [-0.4, -0.2) is 82.6 Å². The molecule has 11 nitrogen and oxygen atoms in total. The molecule has 2 atom stereocenters. The van der Waals surface area contributed by atoms with E-state index in [1.807, 2.05) is 23.1 Å². The van der Waals surface area contributed by atoms with E-state index >= 15 is 0 Å². The lowest BCUT2D eigenvalue weighted by Crippen LogP contribution is -2.53. The van der Waals surface area contributed by atoms with E-state index in [2.05, 4.69) is 20.2 Å². The Hall–Kier alpha value is -4.19. The number of rotatable bonds is 5. The van der Waals surface area contributed by atoms with Crippen molar-refractivity contribution in [2.24, 2.45) is 21.7 Å². The van der Waals surface area contributed by atoms with Gasteiger partial charge in [-0.3, -0.25) is 14.6 Å². The Labute approximate surface area is 226 Å². The molecule has 200 valence electrons. The number of carbonyl (C=O) groups is 2. The number of hydrogen-bond acceptors (Lipinski definition) is 8. The van der Waals surface area contributed by atoms with E-state index in [4.69, 9.17) is 15.6 Å². The van der Waals surface area contributed by atoms with Gasteiger partial charge in [0.25, 0.3) is 11.7 Å². The Morgan fingerprint density at radius 1 is 1.08 bits per heavy atom. The van der Waals surface area contributed by atoms with Crippen LogP contribution in [0.1, 0.15) is 28.8 Å². The number of amides is 2. The Morgan fingerprint density at radius 3 is 2.67 bits per heavy atom. The number of pyridine rings is 1. The number of likely N-dealkylation sites (tertiary alicyclic amines) is 1. The summed E-state index contributed by atoms with van der Waals surface area (Å²) < 4.78 is 5.29. The molecule has 4 aliphatic rings. The van der Waals surface area contributed by atoms with Gasteiger partial charge in [-0.1, -0.05) is 6.07 Å². The molecule has 1 aromatic heterocycles. The van der Waals surface area contributed by atoms with Gasteiger partial charge in [0, 0.05) is 37.9 Å². The summed E-state index contributed by atoms with van der Waals surface area (Å²) in [6, 6.07) is 12.5. The first-order valence-corrected chi connectivity index (χ1v) is 13.2. The summed E-state index contributed by atoms with van der Waals surface area (Å²) in [4.78, 5) is 43.5. The Balaban J connectivity index is 1.23. The van der Waals surface area contributed by atoms with Gasteiger partial charge in [-0.2, -0.15) is 10.8 Å². The molecule has 2 fully saturated rings. The third kappa shape index (κ3) is 4.87. The predicted molar refractivity (Wildman–Crippen MR) is 146 cm³/mol. The number of fused-ring (bicyclic) bond motifs is 1. The van der Waals surface area contributed by atoms with Gasteiger partial charge in [0.15, 0.2) is 0 Å². The Bertz CT molecular complexity index is 1380. The summed E-state index contributed by atoms with van der Waals surface area (Å²) in [5.41, 5.74) is 2.04. The molecule has 2 amide bonds. The third-order valence-electron chi connectivity index (χ3n) is 7.48. The minimum Gasteiger partial charge on any atom is -0.378 e. The number of carbonyl (C=O) groups excluding carboxylic acids is 2. The first-order valence-electron chi connectivity index (χ1n) is 13.2. The first-order chi connectivity index (χ1) is 19.0. The minimum atomic E-state index is -0.251. The van der Waals surface area contributed by atoms with Crippen LogP contribution in [0.15, 0.2) is 82.6 Å². The number of anilines is 1. The number of benzene rings is 1. The molecule has 6 rings (SSSR count). The summed E-state index contributed by atoms with van der Waals surface area (Å²) in [5.74, 6) is 8.59.